The normalized spacial score (nSPS) is 11.2. The van der Waals surface area contributed by atoms with Crippen LogP contribution in [0.3, 0.4) is 0 Å². The second-order valence-electron chi connectivity index (χ2n) is 5.15. The maximum Gasteiger partial charge on any atom is 0.450 e. The molecule has 2 aromatic heterocycles. The molecule has 6 nitrogen and oxygen atoms in total. The van der Waals surface area contributed by atoms with Crippen LogP contribution in [0.4, 0.5) is 18.3 Å². The van der Waals surface area contributed by atoms with Gasteiger partial charge in [-0.1, -0.05) is 12.1 Å². The molecule has 1 amide bonds. The van der Waals surface area contributed by atoms with E-state index in [4.69, 9.17) is 21.3 Å². The highest BCUT2D eigenvalue weighted by Gasteiger charge is 2.40. The zero-order valence-electron chi connectivity index (χ0n) is 13.2. The van der Waals surface area contributed by atoms with Gasteiger partial charge in [0.2, 0.25) is 10.9 Å². The Labute approximate surface area is 159 Å². The number of aromatic nitrogens is 2. The summed E-state index contributed by atoms with van der Waals surface area (Å²) in [6.45, 7) is 0. The first kappa shape index (κ1) is 18.9. The van der Waals surface area contributed by atoms with Crippen molar-refractivity contribution < 1.29 is 22.4 Å². The van der Waals surface area contributed by atoms with E-state index in [0.29, 0.717) is 0 Å². The summed E-state index contributed by atoms with van der Waals surface area (Å²) in [4.78, 5) is 16.2. The number of furan rings is 1. The van der Waals surface area contributed by atoms with Crippen molar-refractivity contribution >= 4 is 34.2 Å². The number of benzene rings is 1. The number of nitriles is 1. The van der Waals surface area contributed by atoms with Crippen molar-refractivity contribution in [3.63, 3.8) is 0 Å². The maximum atomic E-state index is 13.3. The van der Waals surface area contributed by atoms with E-state index < -0.39 is 23.4 Å². The second-order valence-corrected chi connectivity index (χ2v) is 6.17. The monoisotopic (exact) mass is 412 g/mol. The van der Waals surface area contributed by atoms with Gasteiger partial charge in [0.25, 0.3) is 5.91 Å². The van der Waals surface area contributed by atoms with Crippen LogP contribution in [0.5, 0.6) is 0 Å². The number of alkyl halides is 4. The summed E-state index contributed by atoms with van der Waals surface area (Å²) in [5.74, 6) is -2.44. The van der Waals surface area contributed by atoms with Gasteiger partial charge in [0, 0.05) is 17.1 Å². The van der Waals surface area contributed by atoms with Crippen molar-refractivity contribution in [1.29, 1.82) is 5.26 Å². The first-order valence-corrected chi connectivity index (χ1v) is 8.54. The highest BCUT2D eigenvalue weighted by Crippen LogP contribution is 2.37. The van der Waals surface area contributed by atoms with Crippen LogP contribution in [0.15, 0.2) is 34.7 Å². The zero-order valence-corrected chi connectivity index (χ0v) is 14.7. The number of nitrogens with one attached hydrogen (secondary N) is 1. The number of hydrogen-bond acceptors (Lipinski definition) is 6. The van der Waals surface area contributed by atoms with Gasteiger partial charge in [0.15, 0.2) is 5.82 Å². The van der Waals surface area contributed by atoms with Gasteiger partial charge in [-0.15, -0.1) is 11.6 Å². The molecule has 1 aromatic carbocycles. The van der Waals surface area contributed by atoms with Crippen molar-refractivity contribution in [2.45, 2.75) is 12.1 Å². The standard InChI is InChI=1S/C16H8ClF3N4O2S/c17-6-12-22-15(27-24-12)23-14(25)10-5-11(26-13(10)16(18,19)20)9-3-1-2-8(4-9)7-21/h1-5H,6H2,(H,22,23,24,25). The molecule has 0 atom stereocenters. The molecule has 3 aromatic rings. The molecule has 0 saturated carbocycles. The maximum absolute atomic E-state index is 13.3. The minimum Gasteiger partial charge on any atom is -0.451 e. The van der Waals surface area contributed by atoms with Crippen LogP contribution >= 0.6 is 23.1 Å². The number of carbonyl (C=O) groups excluding carboxylic acids is 1. The number of anilines is 1. The van der Waals surface area contributed by atoms with E-state index >= 15 is 0 Å². The van der Waals surface area contributed by atoms with E-state index in [2.05, 4.69) is 14.7 Å². The molecule has 0 fully saturated rings. The van der Waals surface area contributed by atoms with E-state index in [1.807, 2.05) is 6.07 Å². The van der Waals surface area contributed by atoms with Crippen LogP contribution in [0.25, 0.3) is 11.3 Å². The lowest BCUT2D eigenvalue weighted by molar-refractivity contribution is -0.153. The molecule has 11 heteroatoms. The largest absolute Gasteiger partial charge is 0.451 e. The topological polar surface area (TPSA) is 91.8 Å². The number of hydrogen-bond donors (Lipinski definition) is 1. The van der Waals surface area contributed by atoms with Gasteiger partial charge < -0.3 is 4.42 Å². The Morgan fingerprint density at radius 3 is 2.78 bits per heavy atom. The van der Waals surface area contributed by atoms with Crippen LogP contribution in [-0.2, 0) is 12.1 Å². The second kappa shape index (κ2) is 7.38. The molecule has 0 bridgehead atoms. The molecule has 0 aliphatic rings. The van der Waals surface area contributed by atoms with Crippen molar-refractivity contribution in [3.8, 4) is 17.4 Å². The van der Waals surface area contributed by atoms with Gasteiger partial charge in [0.1, 0.15) is 5.76 Å². The summed E-state index contributed by atoms with van der Waals surface area (Å²) in [5.41, 5.74) is -0.229. The summed E-state index contributed by atoms with van der Waals surface area (Å²) in [6, 6.07) is 8.68. The Kier molecular flexibility index (Phi) is 5.16. The fourth-order valence-corrected chi connectivity index (χ4v) is 2.95. The summed E-state index contributed by atoms with van der Waals surface area (Å²) < 4.78 is 48.7. The lowest BCUT2D eigenvalue weighted by Crippen LogP contribution is -2.16. The Balaban J connectivity index is 1.99. The van der Waals surface area contributed by atoms with Gasteiger partial charge in [-0.2, -0.15) is 22.8 Å². The quantitative estimate of drug-likeness (QED) is 0.628. The van der Waals surface area contributed by atoms with E-state index in [1.165, 1.54) is 24.3 Å². The Morgan fingerprint density at radius 2 is 2.15 bits per heavy atom. The SMILES string of the molecule is N#Cc1cccc(-c2cc(C(=O)Nc3nc(CCl)ns3)c(C(F)(F)F)o2)c1. The van der Waals surface area contributed by atoms with E-state index in [1.54, 1.807) is 0 Å². The molecule has 27 heavy (non-hydrogen) atoms. The number of amides is 1. The van der Waals surface area contributed by atoms with Gasteiger partial charge in [0.05, 0.1) is 23.1 Å². The third kappa shape index (κ3) is 4.10. The minimum atomic E-state index is -4.89. The van der Waals surface area contributed by atoms with Crippen LogP contribution in [-0.4, -0.2) is 15.3 Å². The number of halogens is 4. The van der Waals surface area contributed by atoms with Crippen molar-refractivity contribution in [3.05, 3.63) is 53.0 Å². The fourth-order valence-electron chi connectivity index (χ4n) is 2.18. The molecule has 3 rings (SSSR count). The molecule has 138 valence electrons. The average Bonchev–Trinajstić information content (AvgIpc) is 3.28. The number of nitrogens with zero attached hydrogens (tertiary/aromatic N) is 3. The first-order chi connectivity index (χ1) is 12.8. The molecular formula is C16H8ClF3N4O2S. The molecule has 1 N–H and O–H groups in total. The molecule has 0 spiro atoms. The fraction of sp³-hybridized carbons (Fsp3) is 0.125. The van der Waals surface area contributed by atoms with E-state index in [-0.39, 0.29) is 33.7 Å². The van der Waals surface area contributed by atoms with Gasteiger partial charge in [-0.25, -0.2) is 4.98 Å². The van der Waals surface area contributed by atoms with Crippen molar-refractivity contribution in [1.82, 2.24) is 9.36 Å². The minimum absolute atomic E-state index is 0.00522. The van der Waals surface area contributed by atoms with Crippen LogP contribution in [0, 0.1) is 11.3 Å². The summed E-state index contributed by atoms with van der Waals surface area (Å²) in [7, 11) is 0. The Hall–Kier alpha value is -2.90. The van der Waals surface area contributed by atoms with Crippen LogP contribution in [0.1, 0.15) is 27.5 Å². The Morgan fingerprint density at radius 1 is 1.37 bits per heavy atom. The molecule has 0 radical (unpaired) electrons. The lowest BCUT2D eigenvalue weighted by atomic mass is 10.1. The predicted molar refractivity (Wildman–Crippen MR) is 91.3 cm³/mol. The zero-order chi connectivity index (χ0) is 19.6. The summed E-state index contributed by atoms with van der Waals surface area (Å²) in [6.07, 6.45) is -4.89. The highest BCUT2D eigenvalue weighted by atomic mass is 35.5. The third-order valence-electron chi connectivity index (χ3n) is 3.32. The van der Waals surface area contributed by atoms with E-state index in [0.717, 1.165) is 17.6 Å². The lowest BCUT2D eigenvalue weighted by Gasteiger charge is -2.05. The molecule has 0 aliphatic heterocycles. The number of rotatable bonds is 4. The smallest absolute Gasteiger partial charge is 0.450 e. The molecule has 0 aliphatic carbocycles. The number of carbonyl (C=O) groups is 1. The van der Waals surface area contributed by atoms with Gasteiger partial charge in [-0.05, 0) is 18.2 Å². The van der Waals surface area contributed by atoms with Gasteiger partial charge >= 0.3 is 6.18 Å². The van der Waals surface area contributed by atoms with Crippen LogP contribution in [0.2, 0.25) is 0 Å². The molecule has 2 heterocycles. The van der Waals surface area contributed by atoms with Crippen LogP contribution < -0.4 is 5.32 Å². The van der Waals surface area contributed by atoms with Crippen molar-refractivity contribution in [2.24, 2.45) is 0 Å². The molecule has 0 saturated heterocycles. The predicted octanol–water partition coefficient (Wildman–Crippen LogP) is 4.68. The molecular weight excluding hydrogens is 405 g/mol. The highest BCUT2D eigenvalue weighted by molar-refractivity contribution is 7.09. The summed E-state index contributed by atoms with van der Waals surface area (Å²) >= 11 is 6.35. The van der Waals surface area contributed by atoms with E-state index in [9.17, 15) is 18.0 Å². The summed E-state index contributed by atoms with van der Waals surface area (Å²) in [5, 5.41) is 11.2. The third-order valence-corrected chi connectivity index (χ3v) is 4.23. The average molecular weight is 413 g/mol. The Bertz CT molecular complexity index is 1040. The van der Waals surface area contributed by atoms with Crippen molar-refractivity contribution in [2.75, 3.05) is 5.32 Å². The molecule has 0 unspecified atom stereocenters. The van der Waals surface area contributed by atoms with Gasteiger partial charge in [-0.3, -0.25) is 10.1 Å². The first-order valence-electron chi connectivity index (χ1n) is 7.23.